The van der Waals surface area contributed by atoms with Crippen molar-refractivity contribution in [1.29, 1.82) is 0 Å². The van der Waals surface area contributed by atoms with E-state index in [1.165, 1.54) is 0 Å². The smallest absolute Gasteiger partial charge is 0.453 e. The molecule has 0 radical (unpaired) electrons. The van der Waals surface area contributed by atoms with Crippen LogP contribution < -0.4 is 14.8 Å². The SMILES string of the molecule is O=C1NCC(O)(c2ccc(OC(O)(O)O)c(OC3C(O)(O)C(O)(O)C(O)(O)C3(O)O)c2)C1(O)O. The molecule has 0 aromatic heterocycles. The second-order valence-corrected chi connectivity index (χ2v) is 7.85. The third kappa shape index (κ3) is 3.34. The molecule has 1 amide bonds. The molecule has 15 N–H and O–H groups in total. The van der Waals surface area contributed by atoms with Gasteiger partial charge in [-0.3, -0.25) is 4.79 Å². The first kappa shape index (κ1) is 26.3. The van der Waals surface area contributed by atoms with Crippen LogP contribution in [0.4, 0.5) is 0 Å². The minimum atomic E-state index is -4.51. The van der Waals surface area contributed by atoms with Gasteiger partial charge in [-0.1, -0.05) is 6.07 Å². The highest BCUT2D eigenvalue weighted by molar-refractivity contribution is 5.87. The molecule has 0 bridgehead atoms. The van der Waals surface area contributed by atoms with Crippen molar-refractivity contribution >= 4 is 5.91 Å². The van der Waals surface area contributed by atoms with Crippen LogP contribution in [0.1, 0.15) is 5.56 Å². The van der Waals surface area contributed by atoms with E-state index in [1.807, 2.05) is 5.32 Å². The van der Waals surface area contributed by atoms with Crippen LogP contribution in [-0.4, -0.2) is 125 Å². The molecule has 3 rings (SSSR count). The molecule has 1 aromatic rings. The van der Waals surface area contributed by atoms with Gasteiger partial charge in [-0.2, -0.15) is 0 Å². The van der Waals surface area contributed by atoms with Crippen molar-refractivity contribution in [2.45, 2.75) is 46.8 Å². The average molecular weight is 499 g/mol. The van der Waals surface area contributed by atoms with Crippen molar-refractivity contribution in [1.82, 2.24) is 5.32 Å². The lowest BCUT2D eigenvalue weighted by molar-refractivity contribution is -0.452. The molecule has 1 aliphatic heterocycles. The van der Waals surface area contributed by atoms with E-state index in [-0.39, 0.29) is 0 Å². The van der Waals surface area contributed by atoms with Gasteiger partial charge >= 0.3 is 6.16 Å². The molecule has 18 heteroatoms. The van der Waals surface area contributed by atoms with Gasteiger partial charge in [0.25, 0.3) is 34.8 Å². The summed E-state index contributed by atoms with van der Waals surface area (Å²) in [6.07, 6.45) is -7.21. The molecule has 1 aliphatic carbocycles. The van der Waals surface area contributed by atoms with Crippen LogP contribution in [0, 0.1) is 0 Å². The van der Waals surface area contributed by atoms with Crippen molar-refractivity contribution in [3.63, 3.8) is 0 Å². The van der Waals surface area contributed by atoms with Crippen molar-refractivity contribution in [3.05, 3.63) is 23.8 Å². The van der Waals surface area contributed by atoms with Gasteiger partial charge in [0.05, 0.1) is 6.54 Å². The summed E-state index contributed by atoms with van der Waals surface area (Å²) < 4.78 is 9.10. The zero-order chi connectivity index (χ0) is 26.3. The largest absolute Gasteiger partial charge is 0.475 e. The van der Waals surface area contributed by atoms with Crippen molar-refractivity contribution in [2.75, 3.05) is 6.54 Å². The van der Waals surface area contributed by atoms with Crippen LogP contribution in [0.15, 0.2) is 18.2 Å². The van der Waals surface area contributed by atoms with Crippen LogP contribution in [-0.2, 0) is 10.4 Å². The number of β-amino-alcohol motifs (C(OH)–C–C–N with tert-alkyl or cyclic N) is 1. The third-order valence-corrected chi connectivity index (χ3v) is 5.55. The lowest BCUT2D eigenvalue weighted by Gasteiger charge is -2.34. The summed E-state index contributed by atoms with van der Waals surface area (Å²) in [7, 11) is 0. The summed E-state index contributed by atoms with van der Waals surface area (Å²) >= 11 is 0. The molecule has 192 valence electrons. The van der Waals surface area contributed by atoms with Crippen molar-refractivity contribution < 1.29 is 85.8 Å². The van der Waals surface area contributed by atoms with E-state index in [1.54, 1.807) is 0 Å². The van der Waals surface area contributed by atoms with E-state index in [4.69, 9.17) is 20.1 Å². The summed E-state index contributed by atoms with van der Waals surface area (Å²) in [5.74, 6) is -24.8. The maximum absolute atomic E-state index is 11.6. The lowest BCUT2D eigenvalue weighted by atomic mass is 9.87. The van der Waals surface area contributed by atoms with E-state index in [0.717, 1.165) is 6.07 Å². The highest BCUT2D eigenvalue weighted by atomic mass is 16.9. The number of rotatable bonds is 5. The predicted octanol–water partition coefficient (Wildman–Crippen LogP) is -8.86. The Balaban J connectivity index is 2.16. The van der Waals surface area contributed by atoms with Gasteiger partial charge in [0.2, 0.25) is 6.10 Å². The van der Waals surface area contributed by atoms with Gasteiger partial charge in [0, 0.05) is 0 Å². The molecule has 18 nitrogen and oxygen atoms in total. The van der Waals surface area contributed by atoms with E-state index in [0.29, 0.717) is 12.1 Å². The minimum absolute atomic E-state index is 0.458. The Morgan fingerprint density at radius 3 is 1.74 bits per heavy atom. The molecule has 34 heavy (non-hydrogen) atoms. The van der Waals surface area contributed by atoms with Crippen LogP contribution in [0.3, 0.4) is 0 Å². The van der Waals surface area contributed by atoms with Crippen LogP contribution in [0.2, 0.25) is 0 Å². The number of aliphatic hydroxyl groups is 14. The van der Waals surface area contributed by atoms with Gasteiger partial charge in [-0.05, 0) is 17.7 Å². The van der Waals surface area contributed by atoms with Gasteiger partial charge < -0.3 is 86.3 Å². The minimum Gasteiger partial charge on any atom is -0.475 e. The fourth-order valence-corrected chi connectivity index (χ4v) is 3.49. The average Bonchev–Trinajstić information content (AvgIpc) is 2.91. The van der Waals surface area contributed by atoms with Gasteiger partial charge in [0.15, 0.2) is 17.1 Å². The number of nitrogens with one attached hydrogen (secondary N) is 1. The van der Waals surface area contributed by atoms with E-state index >= 15 is 0 Å². The molecule has 2 aliphatic rings. The molecule has 1 atom stereocenters. The normalized spacial score (nSPS) is 29.1. The van der Waals surface area contributed by atoms with E-state index < -0.39 is 76.3 Å². The lowest BCUT2D eigenvalue weighted by Crippen LogP contribution is -2.66. The molecule has 1 unspecified atom stereocenters. The molecule has 0 spiro atoms. The number of amides is 1. The number of carbonyl (C=O) groups excluding carboxylic acids is 1. The second kappa shape index (κ2) is 7.13. The van der Waals surface area contributed by atoms with Gasteiger partial charge in [0.1, 0.15) is 0 Å². The van der Waals surface area contributed by atoms with Crippen molar-refractivity contribution in [2.24, 2.45) is 0 Å². The predicted molar refractivity (Wildman–Crippen MR) is 93.6 cm³/mol. The van der Waals surface area contributed by atoms with E-state index in [2.05, 4.69) is 4.74 Å². The van der Waals surface area contributed by atoms with Gasteiger partial charge in [-0.25, -0.2) is 0 Å². The molecular weight excluding hydrogens is 478 g/mol. The standard InChI is InChI=1S/C16H21NO17/c18-9-13(24,25)10(19,4-17-9)5-1-2-6(34-16(30,31)32)7(3-5)33-8-11(20,21)14(26,27)15(28,29)12(8,22)23/h1-3,8,19-32H,4H2,(H,17,18). The number of carbonyl (C=O) groups is 1. The summed E-state index contributed by atoms with van der Waals surface area (Å²) in [6.45, 7) is -0.841. The van der Waals surface area contributed by atoms with Crippen LogP contribution in [0.5, 0.6) is 11.5 Å². The summed E-state index contributed by atoms with van der Waals surface area (Å²) in [5.41, 5.74) is -3.54. The summed E-state index contributed by atoms with van der Waals surface area (Å²) in [6, 6.07) is 1.81. The maximum Gasteiger partial charge on any atom is 0.453 e. The molecule has 1 aromatic carbocycles. The first-order chi connectivity index (χ1) is 15.0. The zero-order valence-corrected chi connectivity index (χ0v) is 16.5. The maximum atomic E-state index is 11.6. The molecule has 1 saturated carbocycles. The van der Waals surface area contributed by atoms with Crippen LogP contribution >= 0.6 is 0 Å². The quantitative estimate of drug-likeness (QED) is 0.167. The summed E-state index contributed by atoms with van der Waals surface area (Å²) in [5, 5.41) is 139. The Labute approximate surface area is 186 Å². The summed E-state index contributed by atoms with van der Waals surface area (Å²) in [4.78, 5) is 11.6. The highest BCUT2D eigenvalue weighted by Gasteiger charge is 2.85. The van der Waals surface area contributed by atoms with Crippen molar-refractivity contribution in [3.8, 4) is 11.5 Å². The number of ether oxygens (including phenoxy) is 2. The highest BCUT2D eigenvalue weighted by Crippen LogP contribution is 2.50. The monoisotopic (exact) mass is 499 g/mol. The Bertz CT molecular complexity index is 970. The number of benzene rings is 1. The first-order valence-electron chi connectivity index (χ1n) is 8.96. The Morgan fingerprint density at radius 2 is 1.32 bits per heavy atom. The molecule has 1 saturated heterocycles. The molecular formula is C16H21NO17. The second-order valence-electron chi connectivity index (χ2n) is 7.85. The van der Waals surface area contributed by atoms with E-state index in [9.17, 15) is 61.0 Å². The molecule has 1 heterocycles. The Morgan fingerprint density at radius 1 is 0.824 bits per heavy atom. The van der Waals surface area contributed by atoms with Gasteiger partial charge in [-0.15, -0.1) is 0 Å². The molecule has 2 fully saturated rings. The Kier molecular flexibility index (Phi) is 5.52. The first-order valence-corrected chi connectivity index (χ1v) is 8.96. The Hall–Kier alpha value is -2.27. The number of hydrogen-bond donors (Lipinski definition) is 15. The zero-order valence-electron chi connectivity index (χ0n) is 16.5. The number of hydrogen-bond acceptors (Lipinski definition) is 17. The third-order valence-electron chi connectivity index (χ3n) is 5.55. The fourth-order valence-electron chi connectivity index (χ4n) is 3.49. The fraction of sp³-hybridized carbons (Fsp3) is 0.562. The topological polar surface area (TPSA) is 331 Å². The van der Waals surface area contributed by atoms with Crippen LogP contribution in [0.25, 0.3) is 0 Å².